The Bertz CT molecular complexity index is 1070. The van der Waals surface area contributed by atoms with Crippen LogP contribution in [0.25, 0.3) is 6.08 Å². The van der Waals surface area contributed by atoms with Gasteiger partial charge in [0.1, 0.15) is 18.1 Å². The summed E-state index contributed by atoms with van der Waals surface area (Å²) in [5.41, 5.74) is 2.79. The molecule has 31 heavy (non-hydrogen) atoms. The molecular weight excluding hydrogens is 406 g/mol. The number of hydrogen-bond donors (Lipinski definition) is 0. The number of carbonyl (C=O) groups is 1. The molecule has 1 heterocycles. The van der Waals surface area contributed by atoms with Gasteiger partial charge in [-0.1, -0.05) is 55.7 Å². The van der Waals surface area contributed by atoms with Crippen LogP contribution in [0.15, 0.2) is 54.2 Å². The van der Waals surface area contributed by atoms with Crippen molar-refractivity contribution in [1.29, 1.82) is 5.26 Å². The van der Waals surface area contributed by atoms with E-state index in [0.29, 0.717) is 22.1 Å². The minimum Gasteiger partial charge on any atom is -0.488 e. The summed E-state index contributed by atoms with van der Waals surface area (Å²) in [6, 6.07) is 17.4. The normalized spacial score (nSPS) is 18.5. The van der Waals surface area contributed by atoms with E-state index < -0.39 is 0 Å². The summed E-state index contributed by atoms with van der Waals surface area (Å²) in [7, 11) is 1.85. The van der Waals surface area contributed by atoms with Gasteiger partial charge >= 0.3 is 0 Å². The van der Waals surface area contributed by atoms with E-state index >= 15 is 0 Å². The second kappa shape index (κ2) is 9.32. The number of benzene rings is 2. The lowest BCUT2D eigenvalue weighted by Crippen LogP contribution is -2.41. The molecule has 2 aliphatic rings. The number of likely N-dealkylation sites (N-methyl/N-ethyl adjacent to an activating group) is 1. The second-order valence-corrected chi connectivity index (χ2v) is 8.30. The maximum atomic E-state index is 13.3. The lowest BCUT2D eigenvalue weighted by molar-refractivity contribution is -0.124. The molecule has 0 bridgehead atoms. The van der Waals surface area contributed by atoms with Gasteiger partial charge in [-0.2, -0.15) is 5.26 Å². The highest BCUT2D eigenvalue weighted by molar-refractivity contribution is 7.80. The maximum absolute atomic E-state index is 13.3. The number of rotatable bonds is 5. The van der Waals surface area contributed by atoms with Gasteiger partial charge in [0.25, 0.3) is 5.91 Å². The molecule has 4 rings (SSSR count). The molecule has 0 radical (unpaired) electrons. The van der Waals surface area contributed by atoms with Gasteiger partial charge < -0.3 is 9.64 Å². The molecule has 1 amide bonds. The van der Waals surface area contributed by atoms with Crippen molar-refractivity contribution in [3.63, 3.8) is 0 Å². The highest BCUT2D eigenvalue weighted by atomic mass is 32.1. The zero-order chi connectivity index (χ0) is 21.8. The topological polar surface area (TPSA) is 56.6 Å². The zero-order valence-corrected chi connectivity index (χ0v) is 18.4. The summed E-state index contributed by atoms with van der Waals surface area (Å²) < 4.78 is 6.04. The van der Waals surface area contributed by atoms with E-state index in [1.165, 1.54) is 6.42 Å². The molecule has 2 aromatic rings. The number of nitrogens with zero attached hydrogens (tertiary/aromatic N) is 3. The van der Waals surface area contributed by atoms with Gasteiger partial charge in [0.15, 0.2) is 5.11 Å². The molecule has 1 aliphatic heterocycles. The number of ether oxygens (including phenoxy) is 1. The highest BCUT2D eigenvalue weighted by Crippen LogP contribution is 2.32. The van der Waals surface area contributed by atoms with Crippen LogP contribution < -0.4 is 4.74 Å². The Morgan fingerprint density at radius 1 is 1.13 bits per heavy atom. The summed E-state index contributed by atoms with van der Waals surface area (Å²) in [6.45, 7) is 0.278. The monoisotopic (exact) mass is 431 g/mol. The molecule has 0 spiro atoms. The Morgan fingerprint density at radius 2 is 1.84 bits per heavy atom. The van der Waals surface area contributed by atoms with Gasteiger partial charge in [0.2, 0.25) is 0 Å². The van der Waals surface area contributed by atoms with Crippen LogP contribution in [0.5, 0.6) is 5.75 Å². The largest absolute Gasteiger partial charge is 0.488 e. The van der Waals surface area contributed by atoms with Crippen LogP contribution in [0.4, 0.5) is 0 Å². The predicted molar refractivity (Wildman–Crippen MR) is 124 cm³/mol. The molecule has 0 N–H and O–H groups in total. The fraction of sp³-hybridized carbons (Fsp3) is 0.320. The molecule has 1 aliphatic carbocycles. The molecule has 158 valence electrons. The lowest BCUT2D eigenvalue weighted by atomic mass is 9.94. The number of amides is 1. The van der Waals surface area contributed by atoms with Crippen LogP contribution in [-0.2, 0) is 11.4 Å². The van der Waals surface area contributed by atoms with Gasteiger partial charge in [0, 0.05) is 24.2 Å². The Kier molecular flexibility index (Phi) is 6.34. The lowest BCUT2D eigenvalue weighted by Gasteiger charge is -2.30. The Morgan fingerprint density at radius 3 is 2.61 bits per heavy atom. The molecule has 0 aromatic heterocycles. The first-order valence-electron chi connectivity index (χ1n) is 10.6. The number of hydrogen-bond acceptors (Lipinski definition) is 4. The number of thiocarbonyl (C=S) groups is 1. The minimum absolute atomic E-state index is 0.0379. The van der Waals surface area contributed by atoms with Crippen molar-refractivity contribution in [2.45, 2.75) is 44.8 Å². The predicted octanol–water partition coefficient (Wildman–Crippen LogP) is 4.87. The van der Waals surface area contributed by atoms with Crippen LogP contribution in [-0.4, -0.2) is 33.9 Å². The van der Waals surface area contributed by atoms with Crippen LogP contribution in [0, 0.1) is 11.3 Å². The smallest absolute Gasteiger partial charge is 0.277 e. The summed E-state index contributed by atoms with van der Waals surface area (Å²) in [6.07, 6.45) is 7.36. The molecule has 6 heteroatoms. The number of para-hydroxylation sites is 1. The first kappa shape index (κ1) is 21.1. The second-order valence-electron chi connectivity index (χ2n) is 7.93. The van der Waals surface area contributed by atoms with E-state index in [1.807, 2.05) is 55.6 Å². The highest BCUT2D eigenvalue weighted by Gasteiger charge is 2.40. The SMILES string of the molecule is CN1C(=S)N(C2CCCCC2)C(=O)/C1=C/c1ccccc1OCc1ccccc1C#N. The third kappa shape index (κ3) is 4.33. The quantitative estimate of drug-likeness (QED) is 0.499. The van der Waals surface area contributed by atoms with Crippen molar-refractivity contribution < 1.29 is 9.53 Å². The molecule has 2 aromatic carbocycles. The molecule has 1 saturated carbocycles. The zero-order valence-electron chi connectivity index (χ0n) is 17.6. The summed E-state index contributed by atoms with van der Waals surface area (Å²) in [5, 5.41) is 9.87. The van der Waals surface area contributed by atoms with Crippen LogP contribution >= 0.6 is 12.2 Å². The Labute approximate surface area is 188 Å². The van der Waals surface area contributed by atoms with Crippen LogP contribution in [0.1, 0.15) is 48.8 Å². The van der Waals surface area contributed by atoms with E-state index in [4.69, 9.17) is 17.0 Å². The van der Waals surface area contributed by atoms with Crippen molar-refractivity contribution in [3.05, 3.63) is 70.9 Å². The van der Waals surface area contributed by atoms with Gasteiger partial charge in [0.05, 0.1) is 11.6 Å². The van der Waals surface area contributed by atoms with Crippen molar-refractivity contribution in [2.75, 3.05) is 7.05 Å². The summed E-state index contributed by atoms with van der Waals surface area (Å²) in [5.74, 6) is 0.620. The molecule has 1 saturated heterocycles. The Hall–Kier alpha value is -3.17. The molecule has 2 fully saturated rings. The average molecular weight is 432 g/mol. The fourth-order valence-corrected chi connectivity index (χ4v) is 4.56. The molecule has 0 atom stereocenters. The average Bonchev–Trinajstić information content (AvgIpc) is 3.02. The third-order valence-electron chi connectivity index (χ3n) is 5.96. The summed E-state index contributed by atoms with van der Waals surface area (Å²) >= 11 is 5.62. The van der Waals surface area contributed by atoms with Gasteiger partial charge in [-0.3, -0.25) is 9.69 Å². The van der Waals surface area contributed by atoms with Crippen LogP contribution in [0.2, 0.25) is 0 Å². The number of carbonyl (C=O) groups excluding carboxylic acids is 1. The minimum atomic E-state index is -0.0379. The molecular formula is C25H25N3O2S. The van der Waals surface area contributed by atoms with E-state index in [-0.39, 0.29) is 18.6 Å². The third-order valence-corrected chi connectivity index (χ3v) is 6.43. The van der Waals surface area contributed by atoms with Gasteiger partial charge in [-0.15, -0.1) is 0 Å². The molecule has 0 unspecified atom stereocenters. The van der Waals surface area contributed by atoms with E-state index in [9.17, 15) is 10.1 Å². The number of nitriles is 1. The van der Waals surface area contributed by atoms with Gasteiger partial charge in [-0.05, 0) is 43.3 Å². The standard InChI is InChI=1S/C25H25N3O2S/c1-27-22(24(29)28(25(27)31)21-12-3-2-4-13-21)15-18-9-7-8-14-23(18)30-17-20-11-6-5-10-19(20)16-26/h5-11,14-15,21H,2-4,12-13,17H2,1H3/b22-15-. The molecule has 5 nitrogen and oxygen atoms in total. The van der Waals surface area contributed by atoms with Crippen molar-refractivity contribution in [2.24, 2.45) is 0 Å². The fourth-order valence-electron chi connectivity index (χ4n) is 4.23. The first-order valence-corrected chi connectivity index (χ1v) is 11.0. The van der Waals surface area contributed by atoms with E-state index in [0.717, 1.165) is 36.8 Å². The maximum Gasteiger partial charge on any atom is 0.277 e. The van der Waals surface area contributed by atoms with E-state index in [2.05, 4.69) is 6.07 Å². The summed E-state index contributed by atoms with van der Waals surface area (Å²) in [4.78, 5) is 16.9. The van der Waals surface area contributed by atoms with Crippen molar-refractivity contribution in [3.8, 4) is 11.8 Å². The first-order chi connectivity index (χ1) is 15.1. The Balaban J connectivity index is 1.58. The van der Waals surface area contributed by atoms with Crippen LogP contribution in [0.3, 0.4) is 0 Å². The van der Waals surface area contributed by atoms with Crippen molar-refractivity contribution >= 4 is 29.3 Å². The van der Waals surface area contributed by atoms with Crippen molar-refractivity contribution in [1.82, 2.24) is 9.80 Å². The van der Waals surface area contributed by atoms with E-state index in [1.54, 1.807) is 15.9 Å². The van der Waals surface area contributed by atoms with Gasteiger partial charge in [-0.25, -0.2) is 0 Å².